The maximum atomic E-state index is 9.78. The van der Waals surface area contributed by atoms with Crippen molar-refractivity contribution in [3.63, 3.8) is 0 Å². The first-order valence-corrected chi connectivity index (χ1v) is 5.72. The second kappa shape index (κ2) is 3.93. The third kappa shape index (κ3) is 1.89. The molecule has 0 unspecified atom stereocenters. The highest BCUT2D eigenvalue weighted by Gasteiger charge is 2.45. The Morgan fingerprint density at radius 2 is 2.07 bits per heavy atom. The molecule has 1 aliphatic carbocycles. The van der Waals surface area contributed by atoms with E-state index in [4.69, 9.17) is 9.47 Å². The van der Waals surface area contributed by atoms with E-state index in [2.05, 4.69) is 22.5 Å². The van der Waals surface area contributed by atoms with Crippen LogP contribution in [0.25, 0.3) is 0 Å². The standard InChI is InChI=1S/C10H15BrO3/c1-7(11)8-6-10(3-2-9(8)12)13-4-5-14-10/h8-9,12H,1-6H2/t8-,9+/m0/s1. The molecule has 80 valence electrons. The topological polar surface area (TPSA) is 38.7 Å². The number of aliphatic hydroxyl groups is 1. The quantitative estimate of drug-likeness (QED) is 0.784. The van der Waals surface area contributed by atoms with Crippen LogP contribution in [0.15, 0.2) is 11.1 Å². The average molecular weight is 263 g/mol. The van der Waals surface area contributed by atoms with E-state index in [0.29, 0.717) is 19.6 Å². The molecule has 0 aromatic rings. The molecular weight excluding hydrogens is 248 g/mol. The lowest BCUT2D eigenvalue weighted by Crippen LogP contribution is -2.42. The lowest BCUT2D eigenvalue weighted by Gasteiger charge is -2.38. The Bertz CT molecular complexity index is 236. The molecule has 0 radical (unpaired) electrons. The molecule has 14 heavy (non-hydrogen) atoms. The Morgan fingerprint density at radius 1 is 1.43 bits per heavy atom. The van der Waals surface area contributed by atoms with Crippen molar-refractivity contribution in [3.05, 3.63) is 11.1 Å². The normalized spacial score (nSPS) is 36.1. The molecule has 1 saturated carbocycles. The molecule has 2 atom stereocenters. The first-order chi connectivity index (χ1) is 6.63. The van der Waals surface area contributed by atoms with Gasteiger partial charge < -0.3 is 14.6 Å². The molecule has 0 bridgehead atoms. The number of hydrogen-bond donors (Lipinski definition) is 1. The Labute approximate surface area is 92.2 Å². The fourth-order valence-corrected chi connectivity index (χ4v) is 2.69. The molecule has 0 aromatic carbocycles. The van der Waals surface area contributed by atoms with Gasteiger partial charge in [0.15, 0.2) is 5.79 Å². The predicted molar refractivity (Wildman–Crippen MR) is 56.0 cm³/mol. The van der Waals surface area contributed by atoms with Gasteiger partial charge in [-0.15, -0.1) is 0 Å². The summed E-state index contributed by atoms with van der Waals surface area (Å²) in [5.74, 6) is -0.400. The minimum absolute atomic E-state index is 0.0434. The zero-order chi connectivity index (χ0) is 10.2. The van der Waals surface area contributed by atoms with Gasteiger partial charge in [-0.25, -0.2) is 0 Å². The molecule has 4 heteroatoms. The Balaban J connectivity index is 2.08. The van der Waals surface area contributed by atoms with E-state index >= 15 is 0 Å². The van der Waals surface area contributed by atoms with E-state index in [1.54, 1.807) is 0 Å². The van der Waals surface area contributed by atoms with Crippen LogP contribution in [-0.2, 0) is 9.47 Å². The van der Waals surface area contributed by atoms with E-state index in [0.717, 1.165) is 17.3 Å². The Morgan fingerprint density at radius 3 is 2.64 bits per heavy atom. The minimum Gasteiger partial charge on any atom is -0.392 e. The van der Waals surface area contributed by atoms with Gasteiger partial charge in [0.25, 0.3) is 0 Å². The van der Waals surface area contributed by atoms with Crippen LogP contribution in [0.4, 0.5) is 0 Å². The summed E-state index contributed by atoms with van der Waals surface area (Å²) < 4.78 is 12.1. The van der Waals surface area contributed by atoms with Gasteiger partial charge in [-0.2, -0.15) is 0 Å². The molecule has 2 aliphatic rings. The second-order valence-electron chi connectivity index (χ2n) is 3.97. The maximum absolute atomic E-state index is 9.78. The largest absolute Gasteiger partial charge is 0.392 e. The van der Waals surface area contributed by atoms with Crippen molar-refractivity contribution >= 4 is 15.9 Å². The molecule has 2 rings (SSSR count). The molecule has 3 nitrogen and oxygen atoms in total. The van der Waals surface area contributed by atoms with Gasteiger partial charge in [0, 0.05) is 18.8 Å². The number of ether oxygens (including phenoxy) is 2. The first-order valence-electron chi connectivity index (χ1n) is 4.93. The lowest BCUT2D eigenvalue weighted by atomic mass is 9.82. The lowest BCUT2D eigenvalue weighted by molar-refractivity contribution is -0.197. The fraction of sp³-hybridized carbons (Fsp3) is 0.800. The van der Waals surface area contributed by atoms with E-state index in [1.807, 2.05) is 0 Å². The SMILES string of the molecule is C=C(Br)[C@@H]1CC2(CC[C@H]1O)OCCO2. The summed E-state index contributed by atoms with van der Waals surface area (Å²) in [6.45, 7) is 5.16. The Kier molecular flexibility index (Phi) is 2.98. The van der Waals surface area contributed by atoms with Gasteiger partial charge in [-0.3, -0.25) is 0 Å². The van der Waals surface area contributed by atoms with Crippen molar-refractivity contribution in [2.75, 3.05) is 13.2 Å². The smallest absolute Gasteiger partial charge is 0.169 e. The number of hydrogen-bond acceptors (Lipinski definition) is 3. The molecule has 1 spiro atoms. The second-order valence-corrected chi connectivity index (χ2v) is 4.99. The van der Waals surface area contributed by atoms with Crippen LogP contribution < -0.4 is 0 Å². The van der Waals surface area contributed by atoms with Gasteiger partial charge in [-0.05, 0) is 10.9 Å². The van der Waals surface area contributed by atoms with Crippen LogP contribution in [0.3, 0.4) is 0 Å². The number of rotatable bonds is 1. The minimum atomic E-state index is -0.444. The molecule has 2 fully saturated rings. The van der Waals surface area contributed by atoms with Crippen molar-refractivity contribution in [2.45, 2.75) is 31.2 Å². The van der Waals surface area contributed by atoms with Gasteiger partial charge >= 0.3 is 0 Å². The van der Waals surface area contributed by atoms with Crippen LogP contribution in [0.2, 0.25) is 0 Å². The fourth-order valence-electron chi connectivity index (χ4n) is 2.22. The number of halogens is 1. The highest BCUT2D eigenvalue weighted by molar-refractivity contribution is 9.11. The summed E-state index contributed by atoms with van der Waals surface area (Å²) in [5, 5.41) is 9.78. The van der Waals surface area contributed by atoms with Crippen molar-refractivity contribution in [1.29, 1.82) is 0 Å². The van der Waals surface area contributed by atoms with Crippen molar-refractivity contribution in [2.24, 2.45) is 5.92 Å². The molecule has 1 heterocycles. The molecule has 0 aromatic heterocycles. The van der Waals surface area contributed by atoms with Gasteiger partial charge in [0.2, 0.25) is 0 Å². The zero-order valence-corrected chi connectivity index (χ0v) is 9.63. The third-order valence-corrected chi connectivity index (χ3v) is 3.62. The van der Waals surface area contributed by atoms with E-state index in [-0.39, 0.29) is 12.0 Å². The summed E-state index contributed by atoms with van der Waals surface area (Å²) in [6, 6.07) is 0. The maximum Gasteiger partial charge on any atom is 0.169 e. The van der Waals surface area contributed by atoms with Crippen molar-refractivity contribution < 1.29 is 14.6 Å². The predicted octanol–water partition coefficient (Wildman–Crippen LogP) is 1.80. The zero-order valence-electron chi connectivity index (χ0n) is 8.04. The van der Waals surface area contributed by atoms with Crippen LogP contribution in [0.1, 0.15) is 19.3 Å². The van der Waals surface area contributed by atoms with E-state index in [9.17, 15) is 5.11 Å². The monoisotopic (exact) mass is 262 g/mol. The summed E-state index contributed by atoms with van der Waals surface area (Å²) in [4.78, 5) is 0. The van der Waals surface area contributed by atoms with Gasteiger partial charge in [0.05, 0.1) is 19.3 Å². The molecule has 1 saturated heterocycles. The van der Waals surface area contributed by atoms with Crippen molar-refractivity contribution in [1.82, 2.24) is 0 Å². The molecule has 1 aliphatic heterocycles. The van der Waals surface area contributed by atoms with E-state index in [1.165, 1.54) is 0 Å². The third-order valence-electron chi connectivity index (χ3n) is 3.03. The summed E-state index contributed by atoms with van der Waals surface area (Å²) in [5.41, 5.74) is 0. The van der Waals surface area contributed by atoms with Gasteiger partial charge in [-0.1, -0.05) is 22.5 Å². The molecule has 0 amide bonds. The van der Waals surface area contributed by atoms with Crippen LogP contribution in [0, 0.1) is 5.92 Å². The summed E-state index contributed by atoms with van der Waals surface area (Å²) in [7, 11) is 0. The Hall–Kier alpha value is 0.1000. The van der Waals surface area contributed by atoms with Crippen LogP contribution in [0.5, 0.6) is 0 Å². The van der Waals surface area contributed by atoms with Crippen molar-refractivity contribution in [3.8, 4) is 0 Å². The molecule has 1 N–H and O–H groups in total. The summed E-state index contributed by atoms with van der Waals surface area (Å²) >= 11 is 3.34. The van der Waals surface area contributed by atoms with Crippen LogP contribution in [-0.4, -0.2) is 30.2 Å². The van der Waals surface area contributed by atoms with Crippen LogP contribution >= 0.6 is 15.9 Å². The van der Waals surface area contributed by atoms with Gasteiger partial charge in [0.1, 0.15) is 0 Å². The summed E-state index contributed by atoms with van der Waals surface area (Å²) in [6.07, 6.45) is 1.89. The highest BCUT2D eigenvalue weighted by atomic mass is 79.9. The molecular formula is C10H15BrO3. The first kappa shape index (κ1) is 10.6. The average Bonchev–Trinajstić information content (AvgIpc) is 2.58. The van der Waals surface area contributed by atoms with E-state index < -0.39 is 5.79 Å². The number of aliphatic hydroxyl groups excluding tert-OH is 1. The highest BCUT2D eigenvalue weighted by Crippen LogP contribution is 2.42.